The van der Waals surface area contributed by atoms with Gasteiger partial charge in [-0.05, 0) is 32.0 Å². The van der Waals surface area contributed by atoms with Crippen LogP contribution in [0.2, 0.25) is 0 Å². The van der Waals surface area contributed by atoms with Crippen LogP contribution in [0.3, 0.4) is 0 Å². The summed E-state index contributed by atoms with van der Waals surface area (Å²) >= 11 is 0. The second-order valence-electron chi connectivity index (χ2n) is 5.26. The summed E-state index contributed by atoms with van der Waals surface area (Å²) in [5.41, 5.74) is 1.31. The molecule has 0 saturated carbocycles. The Morgan fingerprint density at radius 3 is 2.83 bits per heavy atom. The van der Waals surface area contributed by atoms with Crippen molar-refractivity contribution in [3.05, 3.63) is 23.7 Å². The topological polar surface area (TPSA) is 28.4 Å². The molecule has 3 heteroatoms. The highest BCUT2D eigenvalue weighted by atomic mass is 16.3. The maximum atomic E-state index is 5.55. The van der Waals surface area contributed by atoms with Gasteiger partial charge in [0.15, 0.2) is 0 Å². The molecule has 1 aromatic rings. The lowest BCUT2D eigenvalue weighted by atomic mass is 10.1. The third-order valence-electron chi connectivity index (χ3n) is 3.31. The highest BCUT2D eigenvalue weighted by Gasteiger charge is 2.10. The van der Waals surface area contributed by atoms with Crippen LogP contribution in [0.4, 0.5) is 0 Å². The molecule has 0 aromatic carbocycles. The lowest BCUT2D eigenvalue weighted by Gasteiger charge is -2.20. The molecular formula is C15H28N2O. The van der Waals surface area contributed by atoms with Gasteiger partial charge in [-0.15, -0.1) is 0 Å². The molecule has 0 aliphatic heterocycles. The number of nitrogens with zero attached hydrogens (tertiary/aromatic N) is 1. The van der Waals surface area contributed by atoms with E-state index in [9.17, 15) is 0 Å². The van der Waals surface area contributed by atoms with E-state index in [1.165, 1.54) is 12.0 Å². The summed E-state index contributed by atoms with van der Waals surface area (Å²) in [6.07, 6.45) is 4.19. The second-order valence-corrected chi connectivity index (χ2v) is 5.26. The summed E-state index contributed by atoms with van der Waals surface area (Å²) < 4.78 is 5.55. The fourth-order valence-electron chi connectivity index (χ4n) is 2.06. The molecule has 1 atom stereocenters. The van der Waals surface area contributed by atoms with Crippen LogP contribution in [0.1, 0.15) is 44.9 Å². The van der Waals surface area contributed by atoms with Crippen molar-refractivity contribution >= 4 is 0 Å². The van der Waals surface area contributed by atoms with Crippen LogP contribution in [0.15, 0.2) is 16.7 Å². The van der Waals surface area contributed by atoms with Crippen LogP contribution in [0, 0.1) is 5.92 Å². The molecule has 3 nitrogen and oxygen atoms in total. The first-order chi connectivity index (χ1) is 8.67. The van der Waals surface area contributed by atoms with E-state index in [0.29, 0.717) is 0 Å². The average molecular weight is 252 g/mol. The number of nitrogens with one attached hydrogen (secondary N) is 1. The predicted octanol–water partition coefficient (Wildman–Crippen LogP) is 3.26. The van der Waals surface area contributed by atoms with Crippen LogP contribution in [-0.4, -0.2) is 25.0 Å². The molecule has 0 spiro atoms. The van der Waals surface area contributed by atoms with Crippen molar-refractivity contribution in [2.75, 3.05) is 20.1 Å². The monoisotopic (exact) mass is 252 g/mol. The van der Waals surface area contributed by atoms with Gasteiger partial charge in [0.25, 0.3) is 0 Å². The molecule has 0 aliphatic rings. The third kappa shape index (κ3) is 5.23. The molecular weight excluding hydrogens is 224 g/mol. The van der Waals surface area contributed by atoms with E-state index in [-0.39, 0.29) is 0 Å². The van der Waals surface area contributed by atoms with Gasteiger partial charge in [0.1, 0.15) is 5.76 Å². The Morgan fingerprint density at radius 1 is 1.39 bits per heavy atom. The molecule has 0 saturated heterocycles. The van der Waals surface area contributed by atoms with Crippen LogP contribution in [0.5, 0.6) is 0 Å². The van der Waals surface area contributed by atoms with Gasteiger partial charge in [0.05, 0.1) is 12.8 Å². The van der Waals surface area contributed by atoms with Gasteiger partial charge in [-0.1, -0.05) is 27.2 Å². The predicted molar refractivity (Wildman–Crippen MR) is 76.5 cm³/mol. The number of rotatable bonds is 9. The Hall–Kier alpha value is -0.800. The van der Waals surface area contributed by atoms with E-state index < -0.39 is 0 Å². The van der Waals surface area contributed by atoms with Crippen LogP contribution >= 0.6 is 0 Å². The largest absolute Gasteiger partial charge is 0.468 e. The maximum absolute atomic E-state index is 5.55. The van der Waals surface area contributed by atoms with E-state index >= 15 is 0 Å². The fourth-order valence-corrected chi connectivity index (χ4v) is 2.06. The minimum absolute atomic E-state index is 0.753. The Labute approximate surface area is 112 Å². The standard InChI is InChI=1S/C15H28N2O/c1-5-8-16-10-15-14(7-9-18-15)12-17(4)11-13(3)6-2/h7,9,13,16H,5-6,8,10-12H2,1-4H3. The highest BCUT2D eigenvalue weighted by Crippen LogP contribution is 2.14. The molecule has 1 aromatic heterocycles. The normalized spacial score (nSPS) is 13.2. The van der Waals surface area contributed by atoms with Gasteiger partial charge >= 0.3 is 0 Å². The molecule has 1 N–H and O–H groups in total. The zero-order chi connectivity index (χ0) is 13.4. The van der Waals surface area contributed by atoms with Crippen molar-refractivity contribution in [1.82, 2.24) is 10.2 Å². The molecule has 0 bridgehead atoms. The van der Waals surface area contributed by atoms with E-state index in [1.807, 2.05) is 0 Å². The number of hydrogen-bond donors (Lipinski definition) is 1. The SMILES string of the molecule is CCCNCc1occc1CN(C)CC(C)CC. The van der Waals surface area contributed by atoms with Crippen molar-refractivity contribution in [3.63, 3.8) is 0 Å². The van der Waals surface area contributed by atoms with Crippen molar-refractivity contribution in [2.45, 2.75) is 46.7 Å². The number of furan rings is 1. The van der Waals surface area contributed by atoms with Gasteiger partial charge in [-0.2, -0.15) is 0 Å². The highest BCUT2D eigenvalue weighted by molar-refractivity contribution is 5.16. The molecule has 1 heterocycles. The zero-order valence-electron chi connectivity index (χ0n) is 12.3. The lowest BCUT2D eigenvalue weighted by molar-refractivity contribution is 0.273. The first kappa shape index (κ1) is 15.3. The summed E-state index contributed by atoms with van der Waals surface area (Å²) in [5.74, 6) is 1.84. The third-order valence-corrected chi connectivity index (χ3v) is 3.31. The van der Waals surface area contributed by atoms with Gasteiger partial charge in [-0.3, -0.25) is 0 Å². The first-order valence-electron chi connectivity index (χ1n) is 7.11. The van der Waals surface area contributed by atoms with Crippen molar-refractivity contribution in [3.8, 4) is 0 Å². The molecule has 104 valence electrons. The summed E-state index contributed by atoms with van der Waals surface area (Å²) in [7, 11) is 2.18. The molecule has 0 amide bonds. The minimum atomic E-state index is 0.753. The average Bonchev–Trinajstić information content (AvgIpc) is 2.76. The van der Waals surface area contributed by atoms with Crippen molar-refractivity contribution in [1.29, 1.82) is 0 Å². The summed E-state index contributed by atoms with van der Waals surface area (Å²) in [6.45, 7) is 10.7. The van der Waals surface area contributed by atoms with E-state index in [0.717, 1.165) is 44.3 Å². The van der Waals surface area contributed by atoms with Gasteiger partial charge < -0.3 is 14.6 Å². The van der Waals surface area contributed by atoms with Gasteiger partial charge in [0, 0.05) is 18.7 Å². The van der Waals surface area contributed by atoms with E-state index in [4.69, 9.17) is 4.42 Å². The van der Waals surface area contributed by atoms with Crippen LogP contribution < -0.4 is 5.32 Å². The van der Waals surface area contributed by atoms with Crippen LogP contribution in [0.25, 0.3) is 0 Å². The fraction of sp³-hybridized carbons (Fsp3) is 0.733. The summed E-state index contributed by atoms with van der Waals surface area (Å²) in [5, 5.41) is 3.39. The van der Waals surface area contributed by atoms with Gasteiger partial charge in [-0.25, -0.2) is 0 Å². The Bertz CT molecular complexity index is 322. The maximum Gasteiger partial charge on any atom is 0.122 e. The molecule has 0 radical (unpaired) electrons. The Balaban J connectivity index is 2.43. The smallest absolute Gasteiger partial charge is 0.122 e. The Kier molecular flexibility index (Phi) is 7.06. The zero-order valence-corrected chi connectivity index (χ0v) is 12.3. The Morgan fingerprint density at radius 2 is 2.17 bits per heavy atom. The van der Waals surface area contributed by atoms with E-state index in [1.54, 1.807) is 6.26 Å². The molecule has 0 fully saturated rings. The second kappa shape index (κ2) is 8.33. The first-order valence-corrected chi connectivity index (χ1v) is 7.11. The van der Waals surface area contributed by atoms with Gasteiger partial charge in [0.2, 0.25) is 0 Å². The van der Waals surface area contributed by atoms with E-state index in [2.05, 4.69) is 44.1 Å². The lowest BCUT2D eigenvalue weighted by Crippen LogP contribution is -2.24. The molecule has 18 heavy (non-hydrogen) atoms. The summed E-state index contributed by atoms with van der Waals surface area (Å²) in [6, 6.07) is 2.09. The quantitative estimate of drug-likeness (QED) is 0.684. The minimum Gasteiger partial charge on any atom is -0.468 e. The van der Waals surface area contributed by atoms with Crippen molar-refractivity contribution in [2.24, 2.45) is 5.92 Å². The van der Waals surface area contributed by atoms with Crippen molar-refractivity contribution < 1.29 is 4.42 Å². The molecule has 1 rings (SSSR count). The molecule has 1 unspecified atom stereocenters. The number of hydrogen-bond acceptors (Lipinski definition) is 3. The summed E-state index contributed by atoms with van der Waals surface area (Å²) in [4.78, 5) is 2.38. The van der Waals surface area contributed by atoms with Crippen LogP contribution in [-0.2, 0) is 13.1 Å². The molecule has 0 aliphatic carbocycles.